The molecular weight excluding hydrogens is 362 g/mol. The first kappa shape index (κ1) is 20.8. The fourth-order valence-corrected chi connectivity index (χ4v) is 3.20. The lowest BCUT2D eigenvalue weighted by molar-refractivity contribution is 0.284. The number of aromatic nitrogens is 1. The zero-order valence-electron chi connectivity index (χ0n) is 17.3. The molecule has 0 spiro atoms. The Balaban J connectivity index is 1.59. The van der Waals surface area contributed by atoms with Gasteiger partial charge >= 0.3 is 0 Å². The predicted molar refractivity (Wildman–Crippen MR) is 116 cm³/mol. The minimum Gasteiger partial charge on any atom is -0.497 e. The van der Waals surface area contributed by atoms with Crippen LogP contribution in [0.15, 0.2) is 73.1 Å². The van der Waals surface area contributed by atoms with Crippen molar-refractivity contribution in [3.8, 4) is 11.5 Å². The molecule has 1 heterocycles. The van der Waals surface area contributed by atoms with Crippen LogP contribution in [0.5, 0.6) is 11.5 Å². The topological polar surface area (TPSA) is 46.6 Å². The number of benzene rings is 2. The zero-order valence-corrected chi connectivity index (χ0v) is 17.3. The third-order valence-electron chi connectivity index (χ3n) is 4.87. The Morgan fingerprint density at radius 1 is 1.00 bits per heavy atom. The first-order valence-corrected chi connectivity index (χ1v) is 9.78. The monoisotopic (exact) mass is 391 g/mol. The van der Waals surface area contributed by atoms with Crippen LogP contribution in [-0.2, 0) is 13.2 Å². The molecule has 0 radical (unpaired) electrons. The van der Waals surface area contributed by atoms with Crippen molar-refractivity contribution in [3.05, 3.63) is 89.7 Å². The third kappa shape index (κ3) is 6.04. The highest BCUT2D eigenvalue weighted by molar-refractivity contribution is 5.34. The highest BCUT2D eigenvalue weighted by Gasteiger charge is 2.14. The fraction of sp³-hybridized carbons (Fsp3) is 0.292. The van der Waals surface area contributed by atoms with Gasteiger partial charge in [-0.3, -0.25) is 4.98 Å². The summed E-state index contributed by atoms with van der Waals surface area (Å²) in [5.74, 6) is 1.77. The van der Waals surface area contributed by atoms with Gasteiger partial charge in [0.15, 0.2) is 0 Å². The van der Waals surface area contributed by atoms with Gasteiger partial charge in [0.2, 0.25) is 0 Å². The molecular formula is C24H29N3O2. The van der Waals surface area contributed by atoms with Gasteiger partial charge in [-0.1, -0.05) is 36.4 Å². The van der Waals surface area contributed by atoms with Crippen molar-refractivity contribution in [3.63, 3.8) is 0 Å². The minimum atomic E-state index is 0.268. The van der Waals surface area contributed by atoms with Crippen LogP contribution in [-0.4, -0.2) is 37.6 Å². The predicted octanol–water partition coefficient (Wildman–Crippen LogP) is 4.06. The lowest BCUT2D eigenvalue weighted by Crippen LogP contribution is -2.30. The van der Waals surface area contributed by atoms with Crippen molar-refractivity contribution in [2.45, 2.75) is 19.2 Å². The summed E-state index contributed by atoms with van der Waals surface area (Å²) in [6.45, 7) is 2.08. The van der Waals surface area contributed by atoms with Crippen LogP contribution in [0.2, 0.25) is 0 Å². The van der Waals surface area contributed by atoms with Crippen LogP contribution in [0, 0.1) is 0 Å². The quantitative estimate of drug-likeness (QED) is 0.565. The number of ether oxygens (including phenoxy) is 2. The number of hydrogen-bond acceptors (Lipinski definition) is 5. The average molecular weight is 392 g/mol. The number of likely N-dealkylation sites (N-methyl/N-ethyl adjacent to an activating group) is 1. The van der Waals surface area contributed by atoms with Crippen molar-refractivity contribution in [2.75, 3.05) is 27.7 Å². The Morgan fingerprint density at radius 3 is 2.48 bits per heavy atom. The maximum absolute atomic E-state index is 6.03. The summed E-state index contributed by atoms with van der Waals surface area (Å²) in [5, 5.41) is 3.58. The van der Waals surface area contributed by atoms with Gasteiger partial charge in [0, 0.05) is 42.7 Å². The molecule has 3 rings (SSSR count). The lowest BCUT2D eigenvalue weighted by atomic mass is 10.1. The van der Waals surface area contributed by atoms with Crippen molar-refractivity contribution in [1.82, 2.24) is 15.2 Å². The molecule has 1 N–H and O–H groups in total. The van der Waals surface area contributed by atoms with E-state index in [4.69, 9.17) is 9.47 Å². The van der Waals surface area contributed by atoms with Crippen molar-refractivity contribution in [1.29, 1.82) is 0 Å². The number of methoxy groups -OCH3 is 1. The van der Waals surface area contributed by atoms with Crippen LogP contribution < -0.4 is 14.8 Å². The molecule has 0 aliphatic rings. The summed E-state index contributed by atoms with van der Waals surface area (Å²) in [7, 11) is 5.89. The van der Waals surface area contributed by atoms with Gasteiger partial charge in [0.25, 0.3) is 0 Å². The first-order chi connectivity index (χ1) is 14.2. The summed E-state index contributed by atoms with van der Waals surface area (Å²) >= 11 is 0. The molecule has 2 aromatic carbocycles. The standard InChI is InChI=1S/C24H29N3O2/c1-27(2)23(20-10-12-22(28-3)13-11-20)17-26-16-21-8-4-5-9-24(21)29-18-19-7-6-14-25-15-19/h4-15,23,26H,16-18H2,1-3H3/t23-/m1/s1. The van der Waals surface area contributed by atoms with Crippen LogP contribution in [0.25, 0.3) is 0 Å². The summed E-state index contributed by atoms with van der Waals surface area (Å²) in [6, 6.07) is 20.6. The molecule has 5 nitrogen and oxygen atoms in total. The first-order valence-electron chi connectivity index (χ1n) is 9.78. The number of para-hydroxylation sites is 1. The van der Waals surface area contributed by atoms with Crippen LogP contribution in [0.1, 0.15) is 22.7 Å². The van der Waals surface area contributed by atoms with Gasteiger partial charge in [-0.15, -0.1) is 0 Å². The van der Waals surface area contributed by atoms with E-state index in [9.17, 15) is 0 Å². The molecule has 1 aromatic heterocycles. The fourth-order valence-electron chi connectivity index (χ4n) is 3.20. The molecule has 0 unspecified atom stereocenters. The second-order valence-electron chi connectivity index (χ2n) is 7.14. The summed E-state index contributed by atoms with van der Waals surface area (Å²) in [6.07, 6.45) is 3.60. The van der Waals surface area contributed by atoms with E-state index < -0.39 is 0 Å². The summed E-state index contributed by atoms with van der Waals surface area (Å²) in [4.78, 5) is 6.36. The number of hydrogen-bond donors (Lipinski definition) is 1. The lowest BCUT2D eigenvalue weighted by Gasteiger charge is -2.25. The number of pyridine rings is 1. The third-order valence-corrected chi connectivity index (χ3v) is 4.87. The summed E-state index contributed by atoms with van der Waals surface area (Å²) < 4.78 is 11.3. The largest absolute Gasteiger partial charge is 0.497 e. The van der Waals surface area contributed by atoms with Crippen molar-refractivity contribution < 1.29 is 9.47 Å². The van der Waals surface area contributed by atoms with Crippen molar-refractivity contribution >= 4 is 0 Å². The Labute approximate surface area is 173 Å². The Bertz CT molecular complexity index is 867. The Kier molecular flexibility index (Phi) is 7.61. The van der Waals surface area contributed by atoms with Crippen LogP contribution >= 0.6 is 0 Å². The van der Waals surface area contributed by atoms with Gasteiger partial charge < -0.3 is 19.7 Å². The van der Waals surface area contributed by atoms with E-state index in [0.717, 1.165) is 35.7 Å². The molecule has 3 aromatic rings. The molecule has 0 amide bonds. The van der Waals surface area contributed by atoms with Gasteiger partial charge in [-0.25, -0.2) is 0 Å². The average Bonchev–Trinajstić information content (AvgIpc) is 2.76. The highest BCUT2D eigenvalue weighted by Crippen LogP contribution is 2.22. The molecule has 0 fully saturated rings. The van der Waals surface area contributed by atoms with E-state index in [1.54, 1.807) is 13.3 Å². The summed E-state index contributed by atoms with van der Waals surface area (Å²) in [5.41, 5.74) is 3.45. The molecule has 29 heavy (non-hydrogen) atoms. The van der Waals surface area contributed by atoms with E-state index in [1.165, 1.54) is 5.56 Å². The van der Waals surface area contributed by atoms with Crippen molar-refractivity contribution in [2.24, 2.45) is 0 Å². The normalized spacial score (nSPS) is 12.0. The van der Waals surface area contributed by atoms with E-state index in [-0.39, 0.29) is 6.04 Å². The van der Waals surface area contributed by atoms with Gasteiger partial charge in [0.05, 0.1) is 7.11 Å². The molecule has 152 valence electrons. The van der Waals surface area contributed by atoms with E-state index in [1.807, 2.05) is 48.7 Å². The van der Waals surface area contributed by atoms with Gasteiger partial charge in [-0.05, 0) is 43.9 Å². The second kappa shape index (κ2) is 10.6. The van der Waals surface area contributed by atoms with E-state index >= 15 is 0 Å². The molecule has 0 saturated heterocycles. The van der Waals surface area contributed by atoms with Gasteiger partial charge in [0.1, 0.15) is 18.1 Å². The molecule has 0 saturated carbocycles. The van der Waals surface area contributed by atoms with Crippen LogP contribution in [0.4, 0.5) is 0 Å². The maximum Gasteiger partial charge on any atom is 0.124 e. The van der Waals surface area contributed by atoms with E-state index in [2.05, 4.69) is 47.5 Å². The molecule has 0 aliphatic carbocycles. The van der Waals surface area contributed by atoms with Crippen LogP contribution in [0.3, 0.4) is 0 Å². The molecule has 5 heteroatoms. The minimum absolute atomic E-state index is 0.268. The second-order valence-corrected chi connectivity index (χ2v) is 7.14. The number of rotatable bonds is 10. The highest BCUT2D eigenvalue weighted by atomic mass is 16.5. The zero-order chi connectivity index (χ0) is 20.5. The maximum atomic E-state index is 6.03. The Morgan fingerprint density at radius 2 is 1.79 bits per heavy atom. The number of nitrogens with zero attached hydrogens (tertiary/aromatic N) is 2. The Hall–Kier alpha value is -2.89. The van der Waals surface area contributed by atoms with E-state index in [0.29, 0.717) is 6.61 Å². The molecule has 0 aliphatic heterocycles. The molecule has 0 bridgehead atoms. The SMILES string of the molecule is COc1ccc([C@@H](CNCc2ccccc2OCc2cccnc2)N(C)C)cc1. The van der Waals surface area contributed by atoms with Gasteiger partial charge in [-0.2, -0.15) is 0 Å². The number of nitrogens with one attached hydrogen (secondary N) is 1. The molecule has 1 atom stereocenters. The smallest absolute Gasteiger partial charge is 0.124 e.